The molecular formula is C14H11BrClN3O2. The van der Waals surface area contributed by atoms with Crippen molar-refractivity contribution in [1.82, 2.24) is 0 Å². The lowest BCUT2D eigenvalue weighted by Gasteiger charge is -2.08. The molecule has 2 rings (SSSR count). The Balaban J connectivity index is 2.18. The molecule has 0 heterocycles. The van der Waals surface area contributed by atoms with Crippen LogP contribution in [0.25, 0.3) is 0 Å². The number of hydrogen-bond donors (Lipinski definition) is 3. The number of rotatable bonds is 3. The minimum atomic E-state index is -0.321. The molecule has 0 radical (unpaired) electrons. The van der Waals surface area contributed by atoms with Crippen molar-refractivity contribution in [2.75, 3.05) is 5.32 Å². The van der Waals surface area contributed by atoms with Gasteiger partial charge in [0.2, 0.25) is 0 Å². The first-order valence-electron chi connectivity index (χ1n) is 5.85. The molecule has 0 fully saturated rings. The summed E-state index contributed by atoms with van der Waals surface area (Å²) in [7, 11) is 0. The SMILES string of the molecule is N/C(=N/O)c1ccc(NC(=O)c2cc(Br)ccc2Cl)cc1. The second kappa shape index (κ2) is 6.60. The summed E-state index contributed by atoms with van der Waals surface area (Å²) in [5.74, 6) is -0.319. The number of nitrogens with one attached hydrogen (secondary N) is 1. The summed E-state index contributed by atoms with van der Waals surface area (Å²) in [4.78, 5) is 12.2. The largest absolute Gasteiger partial charge is 0.409 e. The molecule has 1 amide bonds. The summed E-state index contributed by atoms with van der Waals surface area (Å²) in [6.45, 7) is 0. The lowest BCUT2D eigenvalue weighted by Crippen LogP contribution is -2.14. The zero-order valence-corrected chi connectivity index (χ0v) is 13.0. The fourth-order valence-corrected chi connectivity index (χ4v) is 2.22. The summed E-state index contributed by atoms with van der Waals surface area (Å²) in [5.41, 5.74) is 6.96. The zero-order valence-electron chi connectivity index (χ0n) is 10.7. The van der Waals surface area contributed by atoms with Gasteiger partial charge in [-0.2, -0.15) is 0 Å². The van der Waals surface area contributed by atoms with Gasteiger partial charge in [0, 0.05) is 15.7 Å². The van der Waals surface area contributed by atoms with Crippen LogP contribution in [0.2, 0.25) is 5.02 Å². The highest BCUT2D eigenvalue weighted by Gasteiger charge is 2.11. The third-order valence-corrected chi connectivity index (χ3v) is 3.54. The molecule has 7 heteroatoms. The van der Waals surface area contributed by atoms with Crippen LogP contribution >= 0.6 is 27.5 Å². The minimum Gasteiger partial charge on any atom is -0.409 e. The number of benzene rings is 2. The first kappa shape index (κ1) is 15.3. The third-order valence-electron chi connectivity index (χ3n) is 2.72. The van der Waals surface area contributed by atoms with Crippen LogP contribution in [0.5, 0.6) is 0 Å². The van der Waals surface area contributed by atoms with E-state index in [-0.39, 0.29) is 11.7 Å². The number of oxime groups is 1. The van der Waals surface area contributed by atoms with Crippen LogP contribution in [0.1, 0.15) is 15.9 Å². The summed E-state index contributed by atoms with van der Waals surface area (Å²) in [6.07, 6.45) is 0. The van der Waals surface area contributed by atoms with Crippen LogP contribution in [0.3, 0.4) is 0 Å². The maximum atomic E-state index is 12.2. The molecular weight excluding hydrogens is 358 g/mol. The lowest BCUT2D eigenvalue weighted by molar-refractivity contribution is 0.102. The van der Waals surface area contributed by atoms with Crippen LogP contribution < -0.4 is 11.1 Å². The number of halogens is 2. The summed E-state index contributed by atoms with van der Waals surface area (Å²) in [6, 6.07) is 11.6. The molecule has 0 aliphatic rings. The number of amidine groups is 1. The van der Waals surface area contributed by atoms with Crippen molar-refractivity contribution in [2.45, 2.75) is 0 Å². The topological polar surface area (TPSA) is 87.7 Å². The molecule has 108 valence electrons. The van der Waals surface area contributed by atoms with Gasteiger partial charge in [0.15, 0.2) is 5.84 Å². The standard InChI is InChI=1S/C14H11BrClN3O2/c15-9-3-6-12(16)11(7-9)14(20)18-10-4-1-8(2-5-10)13(17)19-21/h1-7,21H,(H2,17,19)(H,18,20). The highest BCUT2D eigenvalue weighted by Crippen LogP contribution is 2.22. The van der Waals surface area contributed by atoms with E-state index in [2.05, 4.69) is 26.4 Å². The van der Waals surface area contributed by atoms with Gasteiger partial charge >= 0.3 is 0 Å². The van der Waals surface area contributed by atoms with E-state index in [9.17, 15) is 4.79 Å². The number of nitrogens with two attached hydrogens (primary N) is 1. The quantitative estimate of drug-likeness (QED) is 0.335. The van der Waals surface area contributed by atoms with Crippen molar-refractivity contribution in [2.24, 2.45) is 10.9 Å². The van der Waals surface area contributed by atoms with Crippen molar-refractivity contribution >= 4 is 45.0 Å². The Kier molecular flexibility index (Phi) is 4.82. The van der Waals surface area contributed by atoms with Gasteiger partial charge in [-0.3, -0.25) is 4.79 Å². The van der Waals surface area contributed by atoms with Crippen molar-refractivity contribution < 1.29 is 10.0 Å². The van der Waals surface area contributed by atoms with Gasteiger partial charge in [-0.1, -0.05) is 32.7 Å². The Morgan fingerprint density at radius 3 is 2.52 bits per heavy atom. The predicted molar refractivity (Wildman–Crippen MR) is 86.1 cm³/mol. The molecule has 0 saturated heterocycles. The predicted octanol–water partition coefficient (Wildman–Crippen LogP) is 3.45. The number of amides is 1. The summed E-state index contributed by atoms with van der Waals surface area (Å²) < 4.78 is 0.763. The number of carbonyl (C=O) groups excluding carboxylic acids is 1. The molecule has 0 bridgehead atoms. The van der Waals surface area contributed by atoms with E-state index < -0.39 is 0 Å². The highest BCUT2D eigenvalue weighted by atomic mass is 79.9. The van der Waals surface area contributed by atoms with Crippen LogP contribution in [0.4, 0.5) is 5.69 Å². The smallest absolute Gasteiger partial charge is 0.257 e. The highest BCUT2D eigenvalue weighted by molar-refractivity contribution is 9.10. The van der Waals surface area contributed by atoms with E-state index in [1.165, 1.54) is 0 Å². The molecule has 5 nitrogen and oxygen atoms in total. The number of anilines is 1. The lowest BCUT2D eigenvalue weighted by atomic mass is 10.1. The van der Waals surface area contributed by atoms with Gasteiger partial charge in [-0.25, -0.2) is 0 Å². The molecule has 21 heavy (non-hydrogen) atoms. The van der Waals surface area contributed by atoms with Gasteiger partial charge in [0.1, 0.15) is 0 Å². The van der Waals surface area contributed by atoms with Gasteiger partial charge in [-0.05, 0) is 42.5 Å². The Morgan fingerprint density at radius 2 is 1.90 bits per heavy atom. The average Bonchev–Trinajstić information content (AvgIpc) is 2.49. The second-order valence-corrected chi connectivity index (χ2v) is 5.46. The second-order valence-electron chi connectivity index (χ2n) is 4.14. The maximum Gasteiger partial charge on any atom is 0.257 e. The third kappa shape index (κ3) is 3.74. The molecule has 4 N–H and O–H groups in total. The fourth-order valence-electron chi connectivity index (χ4n) is 1.65. The van der Waals surface area contributed by atoms with Crippen LogP contribution in [-0.2, 0) is 0 Å². The van der Waals surface area contributed by atoms with Crippen molar-refractivity contribution in [1.29, 1.82) is 0 Å². The van der Waals surface area contributed by atoms with E-state index >= 15 is 0 Å². The fraction of sp³-hybridized carbons (Fsp3) is 0. The van der Waals surface area contributed by atoms with E-state index in [1.54, 1.807) is 42.5 Å². The van der Waals surface area contributed by atoms with E-state index in [0.717, 1.165) is 4.47 Å². The zero-order chi connectivity index (χ0) is 15.4. The summed E-state index contributed by atoms with van der Waals surface area (Å²) in [5, 5.41) is 14.6. The molecule has 2 aromatic rings. The Labute approximate surface area is 134 Å². The maximum absolute atomic E-state index is 12.2. The number of nitrogens with zero attached hydrogens (tertiary/aromatic N) is 1. The number of carbonyl (C=O) groups is 1. The first-order valence-corrected chi connectivity index (χ1v) is 7.02. The van der Waals surface area contributed by atoms with Gasteiger partial charge < -0.3 is 16.3 Å². The van der Waals surface area contributed by atoms with Gasteiger partial charge in [0.05, 0.1) is 10.6 Å². The van der Waals surface area contributed by atoms with E-state index in [1.807, 2.05) is 0 Å². The van der Waals surface area contributed by atoms with Crippen LogP contribution in [0, 0.1) is 0 Å². The number of hydrogen-bond acceptors (Lipinski definition) is 3. The Morgan fingerprint density at radius 1 is 1.24 bits per heavy atom. The van der Waals surface area contributed by atoms with Crippen molar-refractivity contribution in [3.63, 3.8) is 0 Å². The molecule has 0 aliphatic heterocycles. The van der Waals surface area contributed by atoms with Gasteiger partial charge in [-0.15, -0.1) is 0 Å². The molecule has 2 aromatic carbocycles. The minimum absolute atomic E-state index is 0.00270. The van der Waals surface area contributed by atoms with Gasteiger partial charge in [0.25, 0.3) is 5.91 Å². The van der Waals surface area contributed by atoms with Crippen LogP contribution in [0.15, 0.2) is 52.1 Å². The molecule has 0 unspecified atom stereocenters. The Bertz CT molecular complexity index is 702. The normalized spacial score (nSPS) is 11.2. The molecule has 0 saturated carbocycles. The Hall–Kier alpha value is -2.05. The van der Waals surface area contributed by atoms with Crippen molar-refractivity contribution in [3.05, 3.63) is 63.1 Å². The molecule has 0 aromatic heterocycles. The average molecular weight is 369 g/mol. The summed E-state index contributed by atoms with van der Waals surface area (Å²) >= 11 is 9.30. The van der Waals surface area contributed by atoms with E-state index in [0.29, 0.717) is 21.8 Å². The molecule has 0 aliphatic carbocycles. The first-order chi connectivity index (χ1) is 10.0. The van der Waals surface area contributed by atoms with Crippen LogP contribution in [-0.4, -0.2) is 17.0 Å². The molecule has 0 spiro atoms. The van der Waals surface area contributed by atoms with E-state index in [4.69, 9.17) is 22.5 Å². The van der Waals surface area contributed by atoms with Crippen molar-refractivity contribution in [3.8, 4) is 0 Å². The molecule has 0 atom stereocenters. The monoisotopic (exact) mass is 367 g/mol.